The minimum Gasteiger partial charge on any atom is -0.479 e. The molecular weight excluding hydrogens is 556 g/mol. The summed E-state index contributed by atoms with van der Waals surface area (Å²) < 4.78 is 22.7. The van der Waals surface area contributed by atoms with Gasteiger partial charge in [-0.2, -0.15) is 0 Å². The fraction of sp³-hybridized carbons (Fsp3) is 0.833. The van der Waals surface area contributed by atoms with E-state index in [0.717, 1.165) is 51.4 Å². The summed E-state index contributed by atoms with van der Waals surface area (Å²) in [6, 6.07) is 0. The Morgan fingerprint density at radius 1 is 0.773 bits per heavy atom. The Hall–Kier alpha value is -2.38. The molecule has 0 aliphatic heterocycles. The summed E-state index contributed by atoms with van der Waals surface area (Å²) in [4.78, 5) is 25.6. The van der Waals surface area contributed by atoms with Gasteiger partial charge in [0.25, 0.3) is 0 Å². The molecule has 3 saturated carbocycles. The second-order valence-corrected chi connectivity index (χ2v) is 14.6. The predicted molar refractivity (Wildman–Crippen MR) is 174 cm³/mol. The second-order valence-electron chi connectivity index (χ2n) is 14.6. The molecule has 3 aliphatic rings. The fourth-order valence-electron chi connectivity index (χ4n) is 8.87. The summed E-state index contributed by atoms with van der Waals surface area (Å²) in [6.45, 7) is 16.6. The average molecular weight is 619 g/mol. The van der Waals surface area contributed by atoms with Crippen molar-refractivity contribution >= 4 is 11.9 Å². The van der Waals surface area contributed by atoms with Crippen LogP contribution in [0.2, 0.25) is 0 Å². The molecule has 0 saturated heterocycles. The van der Waals surface area contributed by atoms with Gasteiger partial charge in [-0.25, -0.2) is 9.59 Å². The van der Waals surface area contributed by atoms with Crippen LogP contribution in [-0.2, 0) is 28.5 Å². The molecule has 252 valence electrons. The first kappa shape index (κ1) is 36.1. The Labute approximate surface area is 267 Å². The van der Waals surface area contributed by atoms with Gasteiger partial charge in [-0.05, 0) is 119 Å². The highest BCUT2D eigenvalue weighted by atomic mass is 16.6. The molecule has 0 aromatic carbocycles. The third-order valence-corrected chi connectivity index (χ3v) is 11.0. The minimum absolute atomic E-state index is 0.0911. The van der Waals surface area contributed by atoms with Crippen molar-refractivity contribution < 1.29 is 28.5 Å². The van der Waals surface area contributed by atoms with Gasteiger partial charge in [-0.3, -0.25) is 0 Å². The first-order chi connectivity index (χ1) is 20.9. The van der Waals surface area contributed by atoms with Crippen molar-refractivity contribution in [3.05, 3.63) is 23.9 Å². The van der Waals surface area contributed by atoms with Crippen LogP contribution in [0.1, 0.15) is 113 Å². The van der Waals surface area contributed by atoms with Crippen molar-refractivity contribution in [3.8, 4) is 0 Å². The lowest BCUT2D eigenvalue weighted by atomic mass is 9.56. The number of nitrogens with two attached hydrogens (primary N) is 2. The molecule has 0 amide bonds. The summed E-state index contributed by atoms with van der Waals surface area (Å²) in [6.07, 6.45) is 13.2. The summed E-state index contributed by atoms with van der Waals surface area (Å²) in [5.41, 5.74) is 11.2. The van der Waals surface area contributed by atoms with Crippen molar-refractivity contribution in [2.24, 2.45) is 64.7 Å². The topological polar surface area (TPSA) is 123 Å². The molecule has 0 radical (unpaired) electrons. The summed E-state index contributed by atoms with van der Waals surface area (Å²) >= 11 is 0. The number of esters is 2. The van der Waals surface area contributed by atoms with E-state index >= 15 is 0 Å². The molecular formula is C36H62N2O6. The van der Waals surface area contributed by atoms with Gasteiger partial charge >= 0.3 is 11.9 Å². The van der Waals surface area contributed by atoms with Gasteiger partial charge in [-0.1, -0.05) is 41.0 Å². The number of rotatable bonds is 13. The maximum atomic E-state index is 13.3. The maximum absolute atomic E-state index is 13.3. The van der Waals surface area contributed by atoms with E-state index in [1.54, 1.807) is 0 Å². The lowest BCUT2D eigenvalue weighted by Gasteiger charge is -2.53. The number of hydrogen-bond donors (Lipinski definition) is 2. The van der Waals surface area contributed by atoms with Crippen molar-refractivity contribution in [1.29, 1.82) is 0 Å². The van der Waals surface area contributed by atoms with E-state index < -0.39 is 11.6 Å². The third kappa shape index (κ3) is 9.81. The Kier molecular flexibility index (Phi) is 13.8. The third-order valence-electron chi connectivity index (χ3n) is 11.0. The first-order valence-electron chi connectivity index (χ1n) is 17.5. The van der Waals surface area contributed by atoms with Crippen molar-refractivity contribution in [2.45, 2.75) is 118 Å². The van der Waals surface area contributed by atoms with Gasteiger partial charge < -0.3 is 30.4 Å². The van der Waals surface area contributed by atoms with E-state index in [2.05, 4.69) is 34.6 Å². The van der Waals surface area contributed by atoms with Gasteiger partial charge in [0, 0.05) is 5.92 Å². The molecule has 6 unspecified atom stereocenters. The van der Waals surface area contributed by atoms with E-state index in [4.69, 9.17) is 30.4 Å². The van der Waals surface area contributed by atoms with E-state index in [0.29, 0.717) is 73.1 Å². The lowest BCUT2D eigenvalue weighted by Crippen LogP contribution is -2.52. The smallest absolute Gasteiger partial charge is 0.336 e. The van der Waals surface area contributed by atoms with E-state index in [-0.39, 0.29) is 17.7 Å². The molecule has 6 atom stereocenters. The van der Waals surface area contributed by atoms with Crippen LogP contribution in [0.4, 0.5) is 0 Å². The summed E-state index contributed by atoms with van der Waals surface area (Å²) in [7, 11) is 0. The van der Waals surface area contributed by atoms with Gasteiger partial charge in [0.05, 0.1) is 32.0 Å². The molecule has 0 aromatic rings. The maximum Gasteiger partial charge on any atom is 0.336 e. The number of carbonyl (C=O) groups excluding carboxylic acids is 2. The predicted octanol–water partition coefficient (Wildman–Crippen LogP) is 7.07. The quantitative estimate of drug-likeness (QED) is 0.128. The zero-order valence-electron chi connectivity index (χ0n) is 28.6. The molecule has 3 rings (SSSR count). The normalized spacial score (nSPS) is 33.6. The van der Waals surface area contributed by atoms with E-state index in [9.17, 15) is 9.59 Å². The van der Waals surface area contributed by atoms with Gasteiger partial charge in [-0.15, -0.1) is 0 Å². The molecule has 0 bridgehead atoms. The molecule has 8 heteroatoms. The second kappa shape index (κ2) is 16.8. The molecule has 4 N–H and O–H groups in total. The standard InChI is InChI=1S/C36H62N2O6/c1-8-41-32(37)20-34(39)43-22-26-11-13-28(23(3)4)30(19-26)27-14-16-36(17-15-27,44-35(40)21-33(38)42-9-2)31-18-25(7)10-12-29(31)24(5)6/h20-21,23-31H,8-19,22,37-38H2,1-7H3. The minimum atomic E-state index is -0.482. The molecule has 8 nitrogen and oxygen atoms in total. The molecule has 0 spiro atoms. The van der Waals surface area contributed by atoms with Crippen molar-refractivity contribution in [3.63, 3.8) is 0 Å². The van der Waals surface area contributed by atoms with Crippen molar-refractivity contribution in [2.75, 3.05) is 19.8 Å². The number of carbonyl (C=O) groups is 2. The largest absolute Gasteiger partial charge is 0.479 e. The Morgan fingerprint density at radius 3 is 1.91 bits per heavy atom. The summed E-state index contributed by atoms with van der Waals surface area (Å²) in [5, 5.41) is 0. The zero-order valence-corrected chi connectivity index (χ0v) is 28.6. The molecule has 3 fully saturated rings. The van der Waals surface area contributed by atoms with Gasteiger partial charge in [0.2, 0.25) is 0 Å². The lowest BCUT2D eigenvalue weighted by molar-refractivity contribution is -0.178. The van der Waals surface area contributed by atoms with E-state index in [1.165, 1.54) is 25.0 Å². The number of hydrogen-bond acceptors (Lipinski definition) is 8. The molecule has 0 heterocycles. The number of ether oxygens (including phenoxy) is 4. The van der Waals surface area contributed by atoms with Gasteiger partial charge in [0.1, 0.15) is 5.60 Å². The monoisotopic (exact) mass is 618 g/mol. The van der Waals surface area contributed by atoms with Crippen LogP contribution < -0.4 is 11.5 Å². The Balaban J connectivity index is 1.77. The van der Waals surface area contributed by atoms with Crippen LogP contribution in [0.15, 0.2) is 23.9 Å². The average Bonchev–Trinajstić information content (AvgIpc) is 2.96. The molecule has 0 aromatic heterocycles. The Morgan fingerprint density at radius 2 is 1.34 bits per heavy atom. The van der Waals surface area contributed by atoms with Crippen LogP contribution in [0.3, 0.4) is 0 Å². The summed E-state index contributed by atoms with van der Waals surface area (Å²) in [5.74, 6) is 4.11. The van der Waals surface area contributed by atoms with Crippen LogP contribution >= 0.6 is 0 Å². The molecule has 3 aliphatic carbocycles. The zero-order chi connectivity index (χ0) is 32.4. The van der Waals surface area contributed by atoms with Crippen LogP contribution in [0.25, 0.3) is 0 Å². The highest BCUT2D eigenvalue weighted by molar-refractivity contribution is 5.83. The highest BCUT2D eigenvalue weighted by Crippen LogP contribution is 2.54. The van der Waals surface area contributed by atoms with E-state index in [1.807, 2.05) is 13.8 Å². The SMILES string of the molecule is CCOC(N)=CC(=O)OCC1CCC(C(C)C)C(C2CCC(OC(=O)C=C(N)OCC)(C3CC(C)CCC3C(C)C)CC2)C1. The highest BCUT2D eigenvalue weighted by Gasteiger charge is 2.51. The molecule has 44 heavy (non-hydrogen) atoms. The van der Waals surface area contributed by atoms with Gasteiger partial charge in [0.15, 0.2) is 11.8 Å². The Bertz CT molecular complexity index is 983. The van der Waals surface area contributed by atoms with Crippen LogP contribution in [-0.4, -0.2) is 37.4 Å². The first-order valence-corrected chi connectivity index (χ1v) is 17.5. The van der Waals surface area contributed by atoms with Crippen LogP contribution in [0, 0.1) is 53.3 Å². The fourth-order valence-corrected chi connectivity index (χ4v) is 8.87. The van der Waals surface area contributed by atoms with Crippen molar-refractivity contribution in [1.82, 2.24) is 0 Å². The van der Waals surface area contributed by atoms with Crippen LogP contribution in [0.5, 0.6) is 0 Å².